The van der Waals surface area contributed by atoms with Crippen molar-refractivity contribution in [3.8, 4) is 5.75 Å². The Kier molecular flexibility index (Phi) is 7.14. The lowest BCUT2D eigenvalue weighted by Gasteiger charge is -2.23. The molecule has 0 fully saturated rings. The fourth-order valence-electron chi connectivity index (χ4n) is 2.27. The predicted molar refractivity (Wildman–Crippen MR) is 99.6 cm³/mol. The molecule has 0 radical (unpaired) electrons. The number of carbonyl (C=O) groups excluding carboxylic acids is 1. The molecule has 0 bridgehead atoms. The van der Waals surface area contributed by atoms with E-state index >= 15 is 0 Å². The largest absolute Gasteiger partial charge is 0.383 e. The van der Waals surface area contributed by atoms with Crippen molar-refractivity contribution in [3.63, 3.8) is 0 Å². The first-order valence-electron chi connectivity index (χ1n) is 8.05. The number of anilines is 1. The molecule has 0 spiro atoms. The van der Waals surface area contributed by atoms with Gasteiger partial charge in [-0.05, 0) is 35.9 Å². The van der Waals surface area contributed by atoms with Crippen LogP contribution in [0.1, 0.15) is 5.56 Å². The number of hydrogen-bond acceptors (Lipinski definition) is 5. The minimum atomic E-state index is -3.60. The summed E-state index contributed by atoms with van der Waals surface area (Å²) in [5.74, 6) is -0.258. The minimum Gasteiger partial charge on any atom is -0.383 e. The van der Waals surface area contributed by atoms with E-state index < -0.39 is 22.0 Å². The zero-order valence-electron chi connectivity index (χ0n) is 15.0. The van der Waals surface area contributed by atoms with Crippen molar-refractivity contribution in [2.75, 3.05) is 31.8 Å². The first-order chi connectivity index (χ1) is 12.8. The van der Waals surface area contributed by atoms with Crippen LogP contribution in [0.5, 0.6) is 5.75 Å². The molecule has 2 aromatic rings. The molecular formula is C18H21FN2O5S. The first kappa shape index (κ1) is 20.7. The number of hydrogen-bond donors (Lipinski definition) is 1. The maximum Gasteiger partial charge on any atom is 0.322 e. The number of halogens is 1. The van der Waals surface area contributed by atoms with E-state index in [1.54, 1.807) is 18.2 Å². The molecule has 9 heteroatoms. The zero-order chi connectivity index (χ0) is 19.9. The van der Waals surface area contributed by atoms with Crippen LogP contribution in [0.25, 0.3) is 0 Å². The molecule has 27 heavy (non-hydrogen) atoms. The van der Waals surface area contributed by atoms with Gasteiger partial charge in [0.1, 0.15) is 11.6 Å². The van der Waals surface area contributed by atoms with Gasteiger partial charge >= 0.3 is 16.1 Å². The van der Waals surface area contributed by atoms with Gasteiger partial charge in [-0.1, -0.05) is 18.2 Å². The average molecular weight is 396 g/mol. The summed E-state index contributed by atoms with van der Waals surface area (Å²) in [4.78, 5) is 14.0. The number of benzene rings is 2. The highest BCUT2D eigenvalue weighted by Gasteiger charge is 2.15. The normalized spacial score (nSPS) is 11.1. The van der Waals surface area contributed by atoms with Gasteiger partial charge in [-0.15, -0.1) is 0 Å². The Balaban J connectivity index is 2.07. The highest BCUT2D eigenvalue weighted by molar-refractivity contribution is 7.86. The third-order valence-electron chi connectivity index (χ3n) is 3.47. The number of carbonyl (C=O) groups is 1. The second kappa shape index (κ2) is 9.33. The first-order valence-corrected chi connectivity index (χ1v) is 9.87. The molecule has 0 unspecified atom stereocenters. The van der Waals surface area contributed by atoms with E-state index in [4.69, 9.17) is 8.92 Å². The quantitative estimate of drug-likeness (QED) is 0.694. The van der Waals surface area contributed by atoms with Crippen molar-refractivity contribution in [3.05, 3.63) is 59.9 Å². The van der Waals surface area contributed by atoms with Gasteiger partial charge in [0.15, 0.2) is 0 Å². The molecule has 0 aromatic heterocycles. The Labute approximate surface area is 157 Å². The number of amides is 2. The molecule has 2 amide bonds. The smallest absolute Gasteiger partial charge is 0.322 e. The molecule has 0 aliphatic carbocycles. The van der Waals surface area contributed by atoms with Crippen LogP contribution in [0, 0.1) is 5.82 Å². The Hall–Kier alpha value is -2.65. The summed E-state index contributed by atoms with van der Waals surface area (Å²) in [6, 6.07) is 11.5. The second-order valence-corrected chi connectivity index (χ2v) is 7.36. The summed E-state index contributed by atoms with van der Waals surface area (Å²) in [6.45, 7) is 0.898. The van der Waals surface area contributed by atoms with E-state index in [0.717, 1.165) is 11.8 Å². The molecule has 0 heterocycles. The van der Waals surface area contributed by atoms with E-state index in [1.807, 2.05) is 0 Å². The lowest BCUT2D eigenvalue weighted by molar-refractivity contribution is 0.153. The monoisotopic (exact) mass is 396 g/mol. The van der Waals surface area contributed by atoms with E-state index in [0.29, 0.717) is 18.8 Å². The highest BCUT2D eigenvalue weighted by atomic mass is 32.2. The molecule has 2 aromatic carbocycles. The van der Waals surface area contributed by atoms with Crippen LogP contribution in [0.3, 0.4) is 0 Å². The lowest BCUT2D eigenvalue weighted by Crippen LogP contribution is -2.36. The molecule has 0 saturated carbocycles. The van der Waals surface area contributed by atoms with Gasteiger partial charge in [0, 0.05) is 25.9 Å². The van der Waals surface area contributed by atoms with E-state index in [1.165, 1.54) is 42.3 Å². The van der Waals surface area contributed by atoms with Gasteiger partial charge in [-0.2, -0.15) is 8.42 Å². The third kappa shape index (κ3) is 7.24. The van der Waals surface area contributed by atoms with Crippen LogP contribution in [-0.2, 0) is 21.4 Å². The predicted octanol–water partition coefficient (Wildman–Crippen LogP) is 2.84. The molecule has 0 atom stereocenters. The fraction of sp³-hybridized carbons (Fsp3) is 0.278. The van der Waals surface area contributed by atoms with Gasteiger partial charge in [0.2, 0.25) is 0 Å². The van der Waals surface area contributed by atoms with Crippen LogP contribution in [-0.4, -0.2) is 45.9 Å². The molecule has 1 N–H and O–H groups in total. The van der Waals surface area contributed by atoms with Crippen LogP contribution < -0.4 is 9.50 Å². The standard InChI is InChI=1S/C18H21FN2O5S/c1-25-11-10-21(18(22)20-16-5-3-4-15(19)12-16)13-14-6-8-17(9-7-14)26-27(2,23)24/h3-9,12H,10-11,13H2,1-2H3,(H,20,22). The summed E-state index contributed by atoms with van der Waals surface area (Å²) in [7, 11) is -2.07. The topological polar surface area (TPSA) is 84.9 Å². The molecule has 2 rings (SSSR count). The number of nitrogens with one attached hydrogen (secondary N) is 1. The number of ether oxygens (including phenoxy) is 1. The zero-order valence-corrected chi connectivity index (χ0v) is 15.8. The Morgan fingerprint density at radius 1 is 1.19 bits per heavy atom. The molecule has 7 nitrogen and oxygen atoms in total. The van der Waals surface area contributed by atoms with Gasteiger partial charge in [0.05, 0.1) is 12.9 Å². The minimum absolute atomic E-state index is 0.189. The van der Waals surface area contributed by atoms with Crippen molar-refractivity contribution in [1.82, 2.24) is 4.90 Å². The summed E-state index contributed by atoms with van der Waals surface area (Å²) >= 11 is 0. The summed E-state index contributed by atoms with van der Waals surface area (Å²) < 4.78 is 45.4. The van der Waals surface area contributed by atoms with Crippen LogP contribution in [0.15, 0.2) is 48.5 Å². The third-order valence-corrected chi connectivity index (χ3v) is 3.97. The summed E-state index contributed by atoms with van der Waals surface area (Å²) in [6.07, 6.45) is 0.962. The van der Waals surface area contributed by atoms with Gasteiger partial charge in [-0.25, -0.2) is 9.18 Å². The van der Waals surface area contributed by atoms with E-state index in [9.17, 15) is 17.6 Å². The van der Waals surface area contributed by atoms with Gasteiger partial charge in [0.25, 0.3) is 0 Å². The van der Waals surface area contributed by atoms with Gasteiger partial charge in [-0.3, -0.25) is 0 Å². The maximum absolute atomic E-state index is 13.3. The molecule has 146 valence electrons. The fourth-order valence-corrected chi connectivity index (χ4v) is 2.73. The SMILES string of the molecule is COCCN(Cc1ccc(OS(C)(=O)=O)cc1)C(=O)Nc1cccc(F)c1. The maximum atomic E-state index is 13.3. The second-order valence-electron chi connectivity index (χ2n) is 5.79. The Bertz CT molecular complexity index is 872. The number of urea groups is 1. The van der Waals surface area contributed by atoms with Crippen molar-refractivity contribution in [1.29, 1.82) is 0 Å². The highest BCUT2D eigenvalue weighted by Crippen LogP contribution is 2.16. The van der Waals surface area contributed by atoms with Crippen LogP contribution >= 0.6 is 0 Å². The molecule has 0 aliphatic heterocycles. The summed E-state index contributed by atoms with van der Waals surface area (Å²) in [5.41, 5.74) is 1.11. The lowest BCUT2D eigenvalue weighted by atomic mass is 10.2. The average Bonchev–Trinajstić information content (AvgIpc) is 2.58. The van der Waals surface area contributed by atoms with Crippen LogP contribution in [0.4, 0.5) is 14.9 Å². The number of rotatable bonds is 8. The number of methoxy groups -OCH3 is 1. The van der Waals surface area contributed by atoms with Crippen molar-refractivity contribution in [2.45, 2.75) is 6.54 Å². The Morgan fingerprint density at radius 2 is 1.89 bits per heavy atom. The number of nitrogens with zero attached hydrogens (tertiary/aromatic N) is 1. The molecule has 0 saturated heterocycles. The van der Waals surface area contributed by atoms with E-state index in [-0.39, 0.29) is 12.3 Å². The summed E-state index contributed by atoms with van der Waals surface area (Å²) in [5, 5.41) is 2.64. The van der Waals surface area contributed by atoms with Crippen molar-refractivity contribution < 1.29 is 26.5 Å². The molecular weight excluding hydrogens is 375 g/mol. The van der Waals surface area contributed by atoms with Crippen LogP contribution in [0.2, 0.25) is 0 Å². The van der Waals surface area contributed by atoms with E-state index in [2.05, 4.69) is 5.32 Å². The van der Waals surface area contributed by atoms with Gasteiger partial charge < -0.3 is 19.1 Å². The van der Waals surface area contributed by atoms with Crippen molar-refractivity contribution in [2.24, 2.45) is 0 Å². The van der Waals surface area contributed by atoms with Crippen molar-refractivity contribution >= 4 is 21.8 Å². The molecule has 0 aliphatic rings. The Morgan fingerprint density at radius 3 is 2.48 bits per heavy atom.